The smallest absolute Gasteiger partial charge is 0.0533 e. The number of rotatable bonds is 3. The molecule has 3 rings (SSSR count). The fourth-order valence-electron chi connectivity index (χ4n) is 2.49. The zero-order valence-corrected chi connectivity index (χ0v) is 10.6. The maximum absolute atomic E-state index is 5.48. The van der Waals surface area contributed by atoms with Crippen molar-refractivity contribution in [2.45, 2.75) is 19.3 Å². The van der Waals surface area contributed by atoms with Crippen LogP contribution in [0.5, 0.6) is 0 Å². The van der Waals surface area contributed by atoms with Crippen LogP contribution in [0.2, 0.25) is 0 Å². The van der Waals surface area contributed by atoms with Gasteiger partial charge in [-0.05, 0) is 24.8 Å². The summed E-state index contributed by atoms with van der Waals surface area (Å²) in [7, 11) is 0. The largest absolute Gasteiger partial charge is 0.383 e. The second kappa shape index (κ2) is 5.48. The molecule has 0 amide bonds. The van der Waals surface area contributed by atoms with E-state index < -0.39 is 0 Å². The predicted molar refractivity (Wildman–Crippen MR) is 72.4 cm³/mol. The van der Waals surface area contributed by atoms with Crippen molar-refractivity contribution < 1.29 is 4.74 Å². The molecule has 1 unspecified atom stereocenters. The lowest BCUT2D eigenvalue weighted by atomic mass is 10.0. The first-order valence-electron chi connectivity index (χ1n) is 6.72. The Hall–Kier alpha value is -1.42. The minimum atomic E-state index is 0.628. The average molecular weight is 245 g/mol. The first kappa shape index (κ1) is 11.7. The van der Waals surface area contributed by atoms with Crippen LogP contribution in [0.15, 0.2) is 17.3 Å². The molecule has 1 atom stereocenters. The third kappa shape index (κ3) is 2.70. The van der Waals surface area contributed by atoms with Crippen LogP contribution in [0.4, 0.5) is 5.69 Å². The molecule has 0 bridgehead atoms. The van der Waals surface area contributed by atoms with Crippen LogP contribution < -0.4 is 5.32 Å². The second-order valence-corrected chi connectivity index (χ2v) is 5.01. The maximum Gasteiger partial charge on any atom is 0.0533 e. The van der Waals surface area contributed by atoms with Gasteiger partial charge in [-0.1, -0.05) is 0 Å². The third-order valence-electron chi connectivity index (χ3n) is 3.56. The van der Waals surface area contributed by atoms with E-state index in [0.29, 0.717) is 5.92 Å². The van der Waals surface area contributed by atoms with E-state index in [1.54, 1.807) is 0 Å². The van der Waals surface area contributed by atoms with Crippen LogP contribution in [-0.4, -0.2) is 37.5 Å². The number of fused-ring (bicyclic) bond motifs is 1. The summed E-state index contributed by atoms with van der Waals surface area (Å²) in [5.74, 6) is 0.628. The van der Waals surface area contributed by atoms with Gasteiger partial charge in [-0.15, -0.1) is 0 Å². The lowest BCUT2D eigenvalue weighted by molar-refractivity contribution is 0.0595. The summed E-state index contributed by atoms with van der Waals surface area (Å²) in [6, 6.07) is 2.15. The predicted octanol–water partition coefficient (Wildman–Crippen LogP) is 1.90. The molecule has 0 saturated carbocycles. The molecule has 4 heteroatoms. The minimum absolute atomic E-state index is 0.628. The number of aromatic nitrogens is 1. The highest BCUT2D eigenvalue weighted by Gasteiger charge is 2.14. The summed E-state index contributed by atoms with van der Waals surface area (Å²) in [5.41, 5.74) is 3.41. The van der Waals surface area contributed by atoms with Gasteiger partial charge >= 0.3 is 0 Å². The van der Waals surface area contributed by atoms with Crippen molar-refractivity contribution in [1.82, 2.24) is 4.98 Å². The van der Waals surface area contributed by atoms with Crippen molar-refractivity contribution in [2.75, 3.05) is 31.6 Å². The highest BCUT2D eigenvalue weighted by Crippen LogP contribution is 2.17. The lowest BCUT2D eigenvalue weighted by Crippen LogP contribution is -2.24. The van der Waals surface area contributed by atoms with Gasteiger partial charge in [0.1, 0.15) is 0 Å². The molecule has 1 aromatic heterocycles. The molecule has 0 radical (unpaired) electrons. The first-order valence-corrected chi connectivity index (χ1v) is 6.72. The number of nitrogens with one attached hydrogen (secondary N) is 1. The van der Waals surface area contributed by atoms with Crippen LogP contribution >= 0.6 is 0 Å². The van der Waals surface area contributed by atoms with Crippen LogP contribution in [-0.2, 0) is 11.2 Å². The summed E-state index contributed by atoms with van der Waals surface area (Å²) in [6.45, 7) is 3.64. The summed E-state index contributed by atoms with van der Waals surface area (Å²) < 4.78 is 5.48. The van der Waals surface area contributed by atoms with Crippen molar-refractivity contribution in [1.29, 1.82) is 0 Å². The van der Waals surface area contributed by atoms with E-state index >= 15 is 0 Å². The van der Waals surface area contributed by atoms with E-state index in [9.17, 15) is 0 Å². The Morgan fingerprint density at radius 1 is 1.44 bits per heavy atom. The summed E-state index contributed by atoms with van der Waals surface area (Å²) in [6.07, 6.45) is 7.26. The quantitative estimate of drug-likeness (QED) is 0.884. The number of hydrogen-bond donors (Lipinski definition) is 1. The van der Waals surface area contributed by atoms with E-state index in [1.807, 2.05) is 12.4 Å². The van der Waals surface area contributed by atoms with Gasteiger partial charge in [0.05, 0.1) is 24.2 Å². The molecule has 2 aliphatic heterocycles. The Morgan fingerprint density at radius 2 is 2.44 bits per heavy atom. The van der Waals surface area contributed by atoms with Gasteiger partial charge < -0.3 is 10.1 Å². The Bertz CT molecular complexity index is 439. The van der Waals surface area contributed by atoms with E-state index in [1.165, 1.54) is 12.8 Å². The molecule has 0 aliphatic carbocycles. The molecule has 18 heavy (non-hydrogen) atoms. The van der Waals surface area contributed by atoms with Crippen LogP contribution in [0.1, 0.15) is 24.1 Å². The standard InChI is InChI=1S/C14H19N3O/c1-2-11(10-18-5-1)7-16-13-6-12-8-15-4-3-14(12)17-9-13/h6,8-9,11,16H,1-5,7,10H2. The summed E-state index contributed by atoms with van der Waals surface area (Å²) in [5, 5.41) is 3.46. The molecule has 2 aliphatic rings. The van der Waals surface area contributed by atoms with Gasteiger partial charge in [-0.25, -0.2) is 0 Å². The van der Waals surface area contributed by atoms with E-state index in [4.69, 9.17) is 4.74 Å². The van der Waals surface area contributed by atoms with Crippen LogP contribution in [0.3, 0.4) is 0 Å². The van der Waals surface area contributed by atoms with Gasteiger partial charge in [0.2, 0.25) is 0 Å². The van der Waals surface area contributed by atoms with Gasteiger partial charge in [0, 0.05) is 37.9 Å². The number of nitrogens with zero attached hydrogens (tertiary/aromatic N) is 2. The molecule has 4 nitrogen and oxygen atoms in total. The van der Waals surface area contributed by atoms with E-state index in [0.717, 1.165) is 49.7 Å². The fourth-order valence-corrected chi connectivity index (χ4v) is 2.49. The molecule has 1 N–H and O–H groups in total. The number of pyridine rings is 1. The summed E-state index contributed by atoms with van der Waals surface area (Å²) >= 11 is 0. The second-order valence-electron chi connectivity index (χ2n) is 5.01. The monoisotopic (exact) mass is 245 g/mol. The average Bonchev–Trinajstić information content (AvgIpc) is 2.46. The summed E-state index contributed by atoms with van der Waals surface area (Å²) in [4.78, 5) is 8.79. The maximum atomic E-state index is 5.48. The molecule has 1 fully saturated rings. The first-order chi connectivity index (χ1) is 8.92. The number of hydrogen-bond acceptors (Lipinski definition) is 4. The minimum Gasteiger partial charge on any atom is -0.383 e. The zero-order valence-electron chi connectivity index (χ0n) is 10.6. The van der Waals surface area contributed by atoms with Gasteiger partial charge in [-0.2, -0.15) is 0 Å². The topological polar surface area (TPSA) is 46.5 Å². The SMILES string of the molecule is C1=NCCc2ncc(NCC3CCCOC3)cc21. The normalized spacial score (nSPS) is 22.6. The molecule has 96 valence electrons. The Morgan fingerprint density at radius 3 is 3.33 bits per heavy atom. The van der Waals surface area contributed by atoms with Gasteiger partial charge in [0.25, 0.3) is 0 Å². The molecule has 3 heterocycles. The fraction of sp³-hybridized carbons (Fsp3) is 0.571. The van der Waals surface area contributed by atoms with E-state index in [2.05, 4.69) is 21.4 Å². The van der Waals surface area contributed by atoms with Crippen molar-refractivity contribution in [3.63, 3.8) is 0 Å². The van der Waals surface area contributed by atoms with Crippen LogP contribution in [0, 0.1) is 5.92 Å². The molecule has 0 spiro atoms. The van der Waals surface area contributed by atoms with Gasteiger partial charge in [-0.3, -0.25) is 9.98 Å². The van der Waals surface area contributed by atoms with Crippen molar-refractivity contribution in [3.8, 4) is 0 Å². The highest BCUT2D eigenvalue weighted by molar-refractivity contribution is 5.83. The Kier molecular flexibility index (Phi) is 3.55. The third-order valence-corrected chi connectivity index (χ3v) is 3.56. The number of anilines is 1. The molecule has 1 saturated heterocycles. The van der Waals surface area contributed by atoms with Crippen molar-refractivity contribution in [2.24, 2.45) is 10.9 Å². The van der Waals surface area contributed by atoms with Crippen LogP contribution in [0.25, 0.3) is 0 Å². The number of aliphatic imine (C=N–C) groups is 1. The molecule has 1 aromatic rings. The highest BCUT2D eigenvalue weighted by atomic mass is 16.5. The zero-order chi connectivity index (χ0) is 12.2. The van der Waals surface area contributed by atoms with Crippen molar-refractivity contribution in [3.05, 3.63) is 23.5 Å². The Balaban J connectivity index is 1.61. The molecule has 0 aromatic carbocycles. The van der Waals surface area contributed by atoms with E-state index in [-0.39, 0.29) is 0 Å². The lowest BCUT2D eigenvalue weighted by Gasteiger charge is -2.22. The molecular weight excluding hydrogens is 226 g/mol. The van der Waals surface area contributed by atoms with Crippen molar-refractivity contribution >= 4 is 11.9 Å². The Labute approximate surface area is 107 Å². The molecular formula is C14H19N3O. The van der Waals surface area contributed by atoms with Gasteiger partial charge in [0.15, 0.2) is 0 Å². The number of ether oxygens (including phenoxy) is 1.